The van der Waals surface area contributed by atoms with Crippen molar-refractivity contribution in [2.75, 3.05) is 6.54 Å². The van der Waals surface area contributed by atoms with Crippen LogP contribution in [0, 0.1) is 0 Å². The first-order valence-corrected chi connectivity index (χ1v) is 10.0. The van der Waals surface area contributed by atoms with Gasteiger partial charge in [0.1, 0.15) is 12.6 Å². The summed E-state index contributed by atoms with van der Waals surface area (Å²) in [7, 11) is 0. The number of carbonyl (C=O) groups is 4. The number of hydrogen-bond acceptors (Lipinski definition) is 6. The maximum absolute atomic E-state index is 12.8. The van der Waals surface area contributed by atoms with Gasteiger partial charge < -0.3 is 9.74 Å². The third-order valence-corrected chi connectivity index (χ3v) is 5.75. The number of nitrogens with zero attached hydrogens (tertiary/aromatic N) is 3. The first-order chi connectivity index (χ1) is 15.0. The van der Waals surface area contributed by atoms with Gasteiger partial charge in [-0.1, -0.05) is 47.5 Å². The van der Waals surface area contributed by atoms with Gasteiger partial charge in [0.25, 0.3) is 11.8 Å². The van der Waals surface area contributed by atoms with Gasteiger partial charge in [-0.05, 0) is 30.5 Å². The largest absolute Gasteiger partial charge is 0.355 e. The quantitative estimate of drug-likeness (QED) is 0.687. The maximum atomic E-state index is 12.8. The minimum absolute atomic E-state index is 0.167. The van der Waals surface area contributed by atoms with Crippen molar-refractivity contribution in [2.24, 2.45) is 0 Å². The van der Waals surface area contributed by atoms with Crippen LogP contribution in [0.4, 0.5) is 4.79 Å². The van der Waals surface area contributed by atoms with E-state index in [4.69, 9.17) is 9.68 Å². The van der Waals surface area contributed by atoms with E-state index in [-0.39, 0.29) is 23.8 Å². The lowest BCUT2D eigenvalue weighted by Crippen LogP contribution is -2.48. The van der Waals surface area contributed by atoms with Crippen LogP contribution in [-0.2, 0) is 21.1 Å². The van der Waals surface area contributed by atoms with E-state index in [0.717, 1.165) is 5.56 Å². The summed E-state index contributed by atoms with van der Waals surface area (Å²) < 4.78 is 0. The van der Waals surface area contributed by atoms with E-state index >= 15 is 0 Å². The average Bonchev–Trinajstić information content (AvgIpc) is 3.18. The van der Waals surface area contributed by atoms with E-state index in [9.17, 15) is 19.2 Å². The summed E-state index contributed by atoms with van der Waals surface area (Å²) in [6.45, 7) is 0.552. The van der Waals surface area contributed by atoms with Crippen LogP contribution < -0.4 is 0 Å². The Balaban J connectivity index is 1.25. The number of benzene rings is 2. The molecule has 0 aromatic heterocycles. The second kappa shape index (κ2) is 7.51. The molecule has 0 saturated carbocycles. The molecule has 4 amide bonds. The zero-order valence-electron chi connectivity index (χ0n) is 16.5. The summed E-state index contributed by atoms with van der Waals surface area (Å²) in [5.74, 6) is -2.20. The number of urea groups is 1. The predicted octanol–water partition coefficient (Wildman–Crippen LogP) is 2.14. The molecular formula is C22H19N3O6. The number of rotatable bonds is 5. The predicted molar refractivity (Wildman–Crippen MR) is 105 cm³/mol. The third kappa shape index (κ3) is 3.23. The molecule has 0 radical (unpaired) electrons. The fraction of sp³-hybridized carbons (Fsp3) is 0.273. The number of hydroxylamine groups is 4. The van der Waals surface area contributed by atoms with Gasteiger partial charge in [0, 0.05) is 6.54 Å². The van der Waals surface area contributed by atoms with E-state index in [1.165, 1.54) is 22.1 Å². The molecule has 9 heteroatoms. The van der Waals surface area contributed by atoms with Gasteiger partial charge in [-0.2, -0.15) is 5.06 Å². The van der Waals surface area contributed by atoms with Crippen molar-refractivity contribution in [1.29, 1.82) is 0 Å². The summed E-state index contributed by atoms with van der Waals surface area (Å²) in [6.07, 6.45) is 0.891. The Kier molecular flexibility index (Phi) is 4.67. The molecule has 2 atom stereocenters. The zero-order chi connectivity index (χ0) is 21.5. The lowest BCUT2D eigenvalue weighted by Gasteiger charge is -2.29. The smallest absolute Gasteiger partial charge is 0.327 e. The van der Waals surface area contributed by atoms with Crippen LogP contribution in [0.25, 0.3) is 0 Å². The summed E-state index contributed by atoms with van der Waals surface area (Å²) in [4.78, 5) is 62.8. The second-order valence-corrected chi connectivity index (χ2v) is 7.63. The van der Waals surface area contributed by atoms with Crippen molar-refractivity contribution in [3.8, 4) is 0 Å². The van der Waals surface area contributed by atoms with E-state index in [1.54, 1.807) is 12.1 Å². The number of amides is 4. The molecule has 5 rings (SSSR count). The van der Waals surface area contributed by atoms with Crippen molar-refractivity contribution in [2.45, 2.75) is 31.5 Å². The number of carbonyl (C=O) groups excluding carboxylic acids is 4. The van der Waals surface area contributed by atoms with E-state index in [1.807, 2.05) is 30.3 Å². The van der Waals surface area contributed by atoms with Crippen molar-refractivity contribution in [1.82, 2.24) is 15.0 Å². The van der Waals surface area contributed by atoms with Crippen LogP contribution in [0.15, 0.2) is 54.6 Å². The molecule has 2 saturated heterocycles. The van der Waals surface area contributed by atoms with Crippen molar-refractivity contribution < 1.29 is 28.9 Å². The molecule has 3 aliphatic heterocycles. The molecule has 0 N–H and O–H groups in total. The Hall–Kier alpha value is -3.72. The highest BCUT2D eigenvalue weighted by Crippen LogP contribution is 2.32. The van der Waals surface area contributed by atoms with Crippen molar-refractivity contribution in [3.05, 3.63) is 71.3 Å². The standard InChI is InChI=1S/C22H19N3O6/c26-19-16-8-4-5-9-17(16)20(27)25(19)31-21(28)18-11-10-15-12-23(18)22(29)24(15)30-13-14-6-2-1-3-7-14/h1-9,15,18H,10-13H2/t15-,18+/m1/s1. The topological polar surface area (TPSA) is 96.5 Å². The average molecular weight is 421 g/mol. The van der Waals surface area contributed by atoms with Gasteiger partial charge >= 0.3 is 12.0 Å². The molecule has 0 unspecified atom stereocenters. The monoisotopic (exact) mass is 421 g/mol. The Morgan fingerprint density at radius 3 is 2.23 bits per heavy atom. The zero-order valence-corrected chi connectivity index (χ0v) is 16.5. The highest BCUT2D eigenvalue weighted by Gasteiger charge is 2.50. The molecule has 0 spiro atoms. The minimum Gasteiger partial charge on any atom is -0.327 e. The third-order valence-electron chi connectivity index (χ3n) is 5.75. The van der Waals surface area contributed by atoms with E-state index in [0.29, 0.717) is 24.4 Å². The van der Waals surface area contributed by atoms with E-state index < -0.39 is 29.9 Å². The molecule has 3 heterocycles. The van der Waals surface area contributed by atoms with Crippen molar-refractivity contribution >= 4 is 23.8 Å². The highest BCUT2D eigenvalue weighted by atomic mass is 16.7. The first kappa shape index (κ1) is 19.3. The number of fused-ring (bicyclic) bond motifs is 3. The van der Waals surface area contributed by atoms with Crippen LogP contribution in [0.3, 0.4) is 0 Å². The molecule has 9 nitrogen and oxygen atoms in total. The molecule has 2 aromatic carbocycles. The molecule has 2 aromatic rings. The Morgan fingerprint density at radius 1 is 0.903 bits per heavy atom. The van der Waals surface area contributed by atoms with Crippen LogP contribution in [0.5, 0.6) is 0 Å². The molecule has 0 aliphatic carbocycles. The molecule has 2 bridgehead atoms. The summed E-state index contributed by atoms with van der Waals surface area (Å²) in [6, 6.07) is 14.2. The summed E-state index contributed by atoms with van der Waals surface area (Å²) in [5, 5.41) is 1.78. The fourth-order valence-electron chi connectivity index (χ4n) is 4.16. The second-order valence-electron chi connectivity index (χ2n) is 7.63. The lowest BCUT2D eigenvalue weighted by molar-refractivity contribution is -0.174. The maximum Gasteiger partial charge on any atom is 0.355 e. The molecule has 158 valence electrons. The lowest BCUT2D eigenvalue weighted by atomic mass is 10.0. The minimum atomic E-state index is -0.890. The van der Waals surface area contributed by atoms with E-state index in [2.05, 4.69) is 0 Å². The summed E-state index contributed by atoms with van der Waals surface area (Å²) in [5.41, 5.74) is 1.29. The number of hydrogen-bond donors (Lipinski definition) is 0. The van der Waals surface area contributed by atoms with Crippen LogP contribution in [0.2, 0.25) is 0 Å². The first-order valence-electron chi connectivity index (χ1n) is 10.0. The highest BCUT2D eigenvalue weighted by molar-refractivity contribution is 6.20. The SMILES string of the molecule is O=C(ON1C(=O)c2ccccc2C1=O)[C@@H]1CC[C@@H]2CN1C(=O)N2OCc1ccccc1. The summed E-state index contributed by atoms with van der Waals surface area (Å²) >= 11 is 0. The molecule has 2 fully saturated rings. The van der Waals surface area contributed by atoms with Gasteiger partial charge in [-0.3, -0.25) is 14.4 Å². The fourth-order valence-corrected chi connectivity index (χ4v) is 4.16. The number of imide groups is 1. The van der Waals surface area contributed by atoms with Crippen LogP contribution >= 0.6 is 0 Å². The van der Waals surface area contributed by atoms with Crippen molar-refractivity contribution in [3.63, 3.8) is 0 Å². The molecular weight excluding hydrogens is 402 g/mol. The van der Waals surface area contributed by atoms with Gasteiger partial charge in [-0.25, -0.2) is 9.59 Å². The van der Waals surface area contributed by atoms with Gasteiger partial charge in [0.05, 0.1) is 17.2 Å². The van der Waals surface area contributed by atoms with Gasteiger partial charge in [-0.15, -0.1) is 0 Å². The molecule has 31 heavy (non-hydrogen) atoms. The van der Waals surface area contributed by atoms with Crippen LogP contribution in [0.1, 0.15) is 39.1 Å². The normalized spacial score (nSPS) is 22.2. The van der Waals surface area contributed by atoms with Crippen LogP contribution in [-0.4, -0.2) is 57.5 Å². The van der Waals surface area contributed by atoms with Gasteiger partial charge in [0.15, 0.2) is 0 Å². The Labute approximate surface area is 177 Å². The number of piperidine rings is 1. The molecule has 3 aliphatic rings. The Bertz CT molecular complexity index is 1040. The Morgan fingerprint density at radius 2 is 1.55 bits per heavy atom. The van der Waals surface area contributed by atoms with Gasteiger partial charge in [0.2, 0.25) is 0 Å².